The minimum atomic E-state index is 0.449. The van der Waals surface area contributed by atoms with Crippen molar-refractivity contribution in [2.75, 3.05) is 6.54 Å². The topological polar surface area (TPSA) is 60.6 Å². The van der Waals surface area contributed by atoms with Gasteiger partial charge in [-0.25, -0.2) is 4.98 Å². The Bertz CT molecular complexity index is 603. The Morgan fingerprint density at radius 2 is 2.19 bits per heavy atom. The van der Waals surface area contributed by atoms with Crippen LogP contribution in [0.15, 0.2) is 6.20 Å². The zero-order chi connectivity index (χ0) is 14.2. The highest BCUT2D eigenvalue weighted by Gasteiger charge is 2.30. The number of nitrogens with one attached hydrogen (secondary N) is 2. The lowest BCUT2D eigenvalue weighted by atomic mass is 10.0. The summed E-state index contributed by atoms with van der Waals surface area (Å²) in [7, 11) is 0. The van der Waals surface area contributed by atoms with Gasteiger partial charge in [0.15, 0.2) is 0 Å². The van der Waals surface area contributed by atoms with E-state index >= 15 is 0 Å². The van der Waals surface area contributed by atoms with Gasteiger partial charge < -0.3 is 4.98 Å². The molecule has 2 aliphatic rings. The number of imidazole rings is 1. The Morgan fingerprint density at radius 1 is 1.29 bits per heavy atom. The summed E-state index contributed by atoms with van der Waals surface area (Å²) >= 11 is 0. The Balaban J connectivity index is 1.56. The molecule has 0 radical (unpaired) electrons. The molecule has 1 aliphatic carbocycles. The highest BCUT2D eigenvalue weighted by atomic mass is 15.2. The van der Waals surface area contributed by atoms with Gasteiger partial charge in [-0.15, -0.1) is 0 Å². The first-order valence-electron chi connectivity index (χ1n) is 8.12. The molecule has 1 unspecified atom stereocenters. The Kier molecular flexibility index (Phi) is 3.30. The third-order valence-electron chi connectivity index (χ3n) is 4.96. The van der Waals surface area contributed by atoms with Crippen molar-refractivity contribution in [3.05, 3.63) is 34.7 Å². The minimum Gasteiger partial charge on any atom is -0.344 e. The molecule has 4 rings (SSSR count). The number of hydrogen-bond acceptors (Lipinski definition) is 3. The smallest absolute Gasteiger partial charge is 0.124 e. The number of fused-ring (bicyclic) bond motifs is 1. The van der Waals surface area contributed by atoms with E-state index in [1.807, 2.05) is 6.20 Å². The largest absolute Gasteiger partial charge is 0.344 e. The second kappa shape index (κ2) is 5.30. The fraction of sp³-hybridized carbons (Fsp3) is 0.625. The molecular weight excluding hydrogens is 262 g/mol. The Labute approximate surface area is 125 Å². The molecule has 0 spiro atoms. The van der Waals surface area contributed by atoms with E-state index in [-0.39, 0.29) is 0 Å². The number of H-pyrrole nitrogens is 2. The van der Waals surface area contributed by atoms with Crippen LogP contribution in [-0.4, -0.2) is 31.6 Å². The van der Waals surface area contributed by atoms with Crippen LogP contribution in [0.3, 0.4) is 0 Å². The fourth-order valence-electron chi connectivity index (χ4n) is 3.71. The van der Waals surface area contributed by atoms with Crippen molar-refractivity contribution in [2.45, 2.75) is 58.0 Å². The molecule has 1 aliphatic heterocycles. The maximum absolute atomic E-state index is 4.91. The number of rotatable bonds is 3. The number of nitrogens with zero attached hydrogens (tertiary/aromatic N) is 3. The van der Waals surface area contributed by atoms with Gasteiger partial charge in [0.2, 0.25) is 0 Å². The highest BCUT2D eigenvalue weighted by molar-refractivity contribution is 5.20. The molecule has 0 aromatic carbocycles. The van der Waals surface area contributed by atoms with Gasteiger partial charge in [0.1, 0.15) is 5.82 Å². The van der Waals surface area contributed by atoms with E-state index in [9.17, 15) is 0 Å². The average Bonchev–Trinajstić information content (AvgIpc) is 3.19. The molecule has 112 valence electrons. The van der Waals surface area contributed by atoms with Crippen molar-refractivity contribution >= 4 is 0 Å². The second-order valence-corrected chi connectivity index (χ2v) is 6.40. The van der Waals surface area contributed by atoms with Crippen molar-refractivity contribution in [1.82, 2.24) is 25.1 Å². The van der Waals surface area contributed by atoms with Crippen LogP contribution in [0.2, 0.25) is 0 Å². The van der Waals surface area contributed by atoms with Crippen LogP contribution in [-0.2, 0) is 19.4 Å². The number of aryl methyl sites for hydroxylation is 3. The van der Waals surface area contributed by atoms with Gasteiger partial charge in [-0.2, -0.15) is 5.10 Å². The summed E-state index contributed by atoms with van der Waals surface area (Å²) in [6.45, 7) is 4.22. The molecular formula is C16H23N5. The molecule has 2 N–H and O–H groups in total. The zero-order valence-corrected chi connectivity index (χ0v) is 12.7. The predicted molar refractivity (Wildman–Crippen MR) is 80.9 cm³/mol. The quantitative estimate of drug-likeness (QED) is 0.911. The van der Waals surface area contributed by atoms with Gasteiger partial charge >= 0.3 is 0 Å². The van der Waals surface area contributed by atoms with E-state index in [1.165, 1.54) is 60.6 Å². The number of likely N-dealkylation sites (tertiary alicyclic amines) is 1. The molecule has 3 heterocycles. The summed E-state index contributed by atoms with van der Waals surface area (Å²) in [5, 5.41) is 7.18. The van der Waals surface area contributed by atoms with E-state index in [4.69, 9.17) is 4.98 Å². The van der Waals surface area contributed by atoms with E-state index in [2.05, 4.69) is 27.0 Å². The lowest BCUT2D eigenvalue weighted by molar-refractivity contribution is 0.240. The second-order valence-electron chi connectivity index (χ2n) is 6.40. The molecule has 5 heteroatoms. The van der Waals surface area contributed by atoms with Crippen LogP contribution in [0.25, 0.3) is 0 Å². The molecule has 2 aromatic heterocycles. The molecule has 0 amide bonds. The first-order valence-corrected chi connectivity index (χ1v) is 8.12. The van der Waals surface area contributed by atoms with E-state index < -0.39 is 0 Å². The number of aromatic nitrogens is 4. The Hall–Kier alpha value is -1.62. The van der Waals surface area contributed by atoms with Crippen LogP contribution < -0.4 is 0 Å². The van der Waals surface area contributed by atoms with Gasteiger partial charge in [0.05, 0.1) is 17.9 Å². The van der Waals surface area contributed by atoms with Crippen LogP contribution in [0.4, 0.5) is 0 Å². The van der Waals surface area contributed by atoms with E-state index in [0.29, 0.717) is 6.04 Å². The standard InChI is InChI=1S/C16H23N5/c1-11-12(9-17-20-11)10-21-8-4-7-15(21)16-18-13-5-2-3-6-14(13)19-16/h9,15H,2-8,10H2,1H3,(H,17,20)(H,18,19). The summed E-state index contributed by atoms with van der Waals surface area (Å²) in [5.74, 6) is 1.19. The maximum Gasteiger partial charge on any atom is 0.124 e. The van der Waals surface area contributed by atoms with Gasteiger partial charge in [-0.1, -0.05) is 0 Å². The Morgan fingerprint density at radius 3 is 3.00 bits per heavy atom. The lowest BCUT2D eigenvalue weighted by Gasteiger charge is -2.22. The van der Waals surface area contributed by atoms with Crippen molar-refractivity contribution < 1.29 is 0 Å². The predicted octanol–water partition coefficient (Wildman–Crippen LogP) is 2.66. The third kappa shape index (κ3) is 2.39. The maximum atomic E-state index is 4.91. The molecule has 0 bridgehead atoms. The summed E-state index contributed by atoms with van der Waals surface area (Å²) in [6, 6.07) is 0.449. The SMILES string of the molecule is Cc1[nH]ncc1CN1CCCC1c1nc2c([nH]1)CCCC2. The normalized spacial score (nSPS) is 22.6. The van der Waals surface area contributed by atoms with Gasteiger partial charge in [0.25, 0.3) is 0 Å². The number of aromatic amines is 2. The molecule has 1 atom stereocenters. The van der Waals surface area contributed by atoms with Crippen molar-refractivity contribution in [1.29, 1.82) is 0 Å². The zero-order valence-electron chi connectivity index (χ0n) is 12.7. The van der Waals surface area contributed by atoms with Gasteiger partial charge in [-0.05, 0) is 52.0 Å². The third-order valence-corrected chi connectivity index (χ3v) is 4.96. The summed E-state index contributed by atoms with van der Waals surface area (Å²) in [6.07, 6.45) is 9.35. The first-order chi connectivity index (χ1) is 10.3. The monoisotopic (exact) mass is 285 g/mol. The van der Waals surface area contributed by atoms with E-state index in [0.717, 1.165) is 19.5 Å². The van der Waals surface area contributed by atoms with Crippen LogP contribution in [0, 0.1) is 6.92 Å². The van der Waals surface area contributed by atoms with Crippen molar-refractivity contribution in [3.63, 3.8) is 0 Å². The molecule has 5 nitrogen and oxygen atoms in total. The summed E-state index contributed by atoms with van der Waals surface area (Å²) in [4.78, 5) is 11.1. The molecule has 1 saturated heterocycles. The van der Waals surface area contributed by atoms with Crippen LogP contribution >= 0.6 is 0 Å². The summed E-state index contributed by atoms with van der Waals surface area (Å²) in [5.41, 5.74) is 5.20. The molecule has 21 heavy (non-hydrogen) atoms. The van der Waals surface area contributed by atoms with Crippen LogP contribution in [0.1, 0.15) is 60.2 Å². The van der Waals surface area contributed by atoms with Gasteiger partial charge in [0, 0.05) is 23.5 Å². The molecule has 2 aromatic rings. The molecule has 1 fully saturated rings. The molecule has 0 saturated carbocycles. The van der Waals surface area contributed by atoms with Crippen molar-refractivity contribution in [2.24, 2.45) is 0 Å². The summed E-state index contributed by atoms with van der Waals surface area (Å²) < 4.78 is 0. The fourth-order valence-corrected chi connectivity index (χ4v) is 3.71. The van der Waals surface area contributed by atoms with Crippen molar-refractivity contribution in [3.8, 4) is 0 Å². The van der Waals surface area contributed by atoms with Crippen LogP contribution in [0.5, 0.6) is 0 Å². The average molecular weight is 285 g/mol. The first kappa shape index (κ1) is 13.1. The van der Waals surface area contributed by atoms with E-state index in [1.54, 1.807) is 0 Å². The highest BCUT2D eigenvalue weighted by Crippen LogP contribution is 2.33. The van der Waals surface area contributed by atoms with Gasteiger partial charge in [-0.3, -0.25) is 10.00 Å². The number of hydrogen-bond donors (Lipinski definition) is 2. The minimum absolute atomic E-state index is 0.449. The lowest BCUT2D eigenvalue weighted by Crippen LogP contribution is -2.23.